The van der Waals surface area contributed by atoms with Gasteiger partial charge in [-0.1, -0.05) is 25.4 Å². The first-order chi connectivity index (χ1) is 9.42. The Morgan fingerprint density at radius 3 is 2.10 bits per heavy atom. The maximum absolute atomic E-state index is 12.3. The number of fused-ring (bicyclic) bond motifs is 1. The van der Waals surface area contributed by atoms with Crippen molar-refractivity contribution in [2.24, 2.45) is 11.7 Å². The lowest BCUT2D eigenvalue weighted by atomic mass is 9.96. The van der Waals surface area contributed by atoms with Gasteiger partial charge in [0, 0.05) is 24.2 Å². The van der Waals surface area contributed by atoms with E-state index in [0.29, 0.717) is 24.0 Å². The lowest BCUT2D eigenvalue weighted by Gasteiger charge is -2.18. The van der Waals surface area contributed by atoms with Crippen molar-refractivity contribution in [1.29, 1.82) is 0 Å². The number of aryl methyl sites for hydroxylation is 2. The lowest BCUT2D eigenvalue weighted by molar-refractivity contribution is 0.514. The van der Waals surface area contributed by atoms with Gasteiger partial charge in [0.15, 0.2) is 0 Å². The number of hydrogen-bond donors (Lipinski definition) is 1. The molecule has 0 amide bonds. The van der Waals surface area contributed by atoms with E-state index in [0.717, 1.165) is 16.6 Å². The molecular formula is C15H22ClN3O. The third-order valence-electron chi connectivity index (χ3n) is 3.85. The van der Waals surface area contributed by atoms with E-state index < -0.39 is 0 Å². The van der Waals surface area contributed by atoms with Crippen LogP contribution < -0.4 is 11.4 Å². The molecule has 2 aromatic rings. The fourth-order valence-corrected chi connectivity index (χ4v) is 2.86. The number of rotatable bonds is 4. The second-order valence-electron chi connectivity index (χ2n) is 5.40. The SMILES string of the molecule is CCn1c(=O)n(CC)c2cc(C(N)C(C)C)c(Cl)cc21. The van der Waals surface area contributed by atoms with Gasteiger partial charge in [-0.05, 0) is 37.5 Å². The van der Waals surface area contributed by atoms with Crippen molar-refractivity contribution in [3.05, 3.63) is 33.2 Å². The normalized spacial score (nSPS) is 13.3. The second kappa shape index (κ2) is 5.62. The summed E-state index contributed by atoms with van der Waals surface area (Å²) in [6.45, 7) is 9.33. The smallest absolute Gasteiger partial charge is 0.324 e. The highest BCUT2D eigenvalue weighted by Crippen LogP contribution is 2.30. The van der Waals surface area contributed by atoms with Crippen molar-refractivity contribution in [2.75, 3.05) is 0 Å². The van der Waals surface area contributed by atoms with Crippen LogP contribution in [-0.2, 0) is 13.1 Å². The molecule has 0 saturated carbocycles. The average Bonchev–Trinajstić information content (AvgIpc) is 2.67. The maximum atomic E-state index is 12.3. The van der Waals surface area contributed by atoms with Crippen LogP contribution in [0.5, 0.6) is 0 Å². The first-order valence-electron chi connectivity index (χ1n) is 7.10. The summed E-state index contributed by atoms with van der Waals surface area (Å²) < 4.78 is 3.51. The number of nitrogens with two attached hydrogens (primary N) is 1. The van der Waals surface area contributed by atoms with Crippen LogP contribution in [-0.4, -0.2) is 9.13 Å². The van der Waals surface area contributed by atoms with Crippen LogP contribution in [0.15, 0.2) is 16.9 Å². The van der Waals surface area contributed by atoms with E-state index in [1.54, 1.807) is 9.13 Å². The minimum absolute atomic E-state index is 0.0105. The zero-order valence-corrected chi connectivity index (χ0v) is 13.2. The maximum Gasteiger partial charge on any atom is 0.329 e. The molecule has 0 aliphatic carbocycles. The first-order valence-corrected chi connectivity index (χ1v) is 7.48. The molecule has 110 valence electrons. The molecule has 0 spiro atoms. The monoisotopic (exact) mass is 295 g/mol. The quantitative estimate of drug-likeness (QED) is 0.942. The molecule has 1 aromatic carbocycles. The molecule has 0 radical (unpaired) electrons. The van der Waals surface area contributed by atoms with E-state index in [2.05, 4.69) is 13.8 Å². The molecular weight excluding hydrogens is 274 g/mol. The fraction of sp³-hybridized carbons (Fsp3) is 0.533. The summed E-state index contributed by atoms with van der Waals surface area (Å²) in [6, 6.07) is 3.71. The van der Waals surface area contributed by atoms with Gasteiger partial charge in [0.05, 0.1) is 11.0 Å². The zero-order valence-electron chi connectivity index (χ0n) is 12.5. The summed E-state index contributed by atoms with van der Waals surface area (Å²) in [6.07, 6.45) is 0. The molecule has 20 heavy (non-hydrogen) atoms. The van der Waals surface area contributed by atoms with Gasteiger partial charge in [0.2, 0.25) is 0 Å². The van der Waals surface area contributed by atoms with Gasteiger partial charge >= 0.3 is 5.69 Å². The van der Waals surface area contributed by atoms with E-state index in [-0.39, 0.29) is 11.7 Å². The molecule has 1 atom stereocenters. The van der Waals surface area contributed by atoms with E-state index in [4.69, 9.17) is 17.3 Å². The van der Waals surface area contributed by atoms with Crippen molar-refractivity contribution >= 4 is 22.6 Å². The van der Waals surface area contributed by atoms with Gasteiger partial charge in [0.1, 0.15) is 0 Å². The highest BCUT2D eigenvalue weighted by molar-refractivity contribution is 6.32. The van der Waals surface area contributed by atoms with Gasteiger partial charge in [-0.25, -0.2) is 4.79 Å². The zero-order chi connectivity index (χ0) is 15.0. The molecule has 2 N–H and O–H groups in total. The minimum Gasteiger partial charge on any atom is -0.324 e. The van der Waals surface area contributed by atoms with E-state index in [1.165, 1.54) is 0 Å². The van der Waals surface area contributed by atoms with Crippen molar-refractivity contribution in [2.45, 2.75) is 46.8 Å². The van der Waals surface area contributed by atoms with Crippen LogP contribution in [0.3, 0.4) is 0 Å². The fourth-order valence-electron chi connectivity index (χ4n) is 2.58. The molecule has 0 bridgehead atoms. The molecule has 0 aliphatic rings. The standard InChI is InChI=1S/C15H22ClN3O/c1-5-18-12-7-10(14(17)9(3)4)11(16)8-13(12)19(6-2)15(18)20/h7-9,14H,5-6,17H2,1-4H3. The summed E-state index contributed by atoms with van der Waals surface area (Å²) in [4.78, 5) is 12.3. The topological polar surface area (TPSA) is 53.0 Å². The molecule has 1 unspecified atom stereocenters. The van der Waals surface area contributed by atoms with Gasteiger partial charge in [-0.2, -0.15) is 0 Å². The second-order valence-corrected chi connectivity index (χ2v) is 5.81. The third-order valence-corrected chi connectivity index (χ3v) is 4.17. The summed E-state index contributed by atoms with van der Waals surface area (Å²) in [7, 11) is 0. The highest BCUT2D eigenvalue weighted by atomic mass is 35.5. The van der Waals surface area contributed by atoms with Gasteiger partial charge in [-0.3, -0.25) is 9.13 Å². The Balaban J connectivity index is 2.79. The minimum atomic E-state index is -0.128. The number of hydrogen-bond acceptors (Lipinski definition) is 2. The Morgan fingerprint density at radius 1 is 1.15 bits per heavy atom. The van der Waals surface area contributed by atoms with Gasteiger partial charge in [-0.15, -0.1) is 0 Å². The largest absolute Gasteiger partial charge is 0.329 e. The predicted molar refractivity (Wildman–Crippen MR) is 84.3 cm³/mol. The number of aromatic nitrogens is 2. The number of halogens is 1. The van der Waals surface area contributed by atoms with Crippen LogP contribution >= 0.6 is 11.6 Å². The summed E-state index contributed by atoms with van der Waals surface area (Å²) >= 11 is 6.37. The van der Waals surface area contributed by atoms with Crippen LogP contribution in [0.25, 0.3) is 11.0 Å². The van der Waals surface area contributed by atoms with Gasteiger partial charge in [0.25, 0.3) is 0 Å². The molecule has 5 heteroatoms. The van der Waals surface area contributed by atoms with E-state index in [9.17, 15) is 4.79 Å². The first kappa shape index (κ1) is 15.1. The Morgan fingerprint density at radius 2 is 1.65 bits per heavy atom. The molecule has 1 aromatic heterocycles. The lowest BCUT2D eigenvalue weighted by Crippen LogP contribution is -2.23. The van der Waals surface area contributed by atoms with Crippen LogP contribution in [0.2, 0.25) is 5.02 Å². The van der Waals surface area contributed by atoms with Crippen molar-refractivity contribution in [1.82, 2.24) is 9.13 Å². The number of benzene rings is 1. The van der Waals surface area contributed by atoms with Crippen molar-refractivity contribution < 1.29 is 0 Å². The third kappa shape index (κ3) is 2.27. The van der Waals surface area contributed by atoms with E-state index in [1.807, 2.05) is 26.0 Å². The van der Waals surface area contributed by atoms with Crippen LogP contribution in [0.1, 0.15) is 39.3 Å². The predicted octanol–water partition coefficient (Wildman–Crippen LogP) is 3.15. The molecule has 0 fully saturated rings. The Kier molecular flexibility index (Phi) is 4.25. The molecule has 0 saturated heterocycles. The number of nitrogens with zero attached hydrogens (tertiary/aromatic N) is 2. The van der Waals surface area contributed by atoms with Crippen molar-refractivity contribution in [3.8, 4) is 0 Å². The highest BCUT2D eigenvalue weighted by Gasteiger charge is 2.19. The molecule has 1 heterocycles. The van der Waals surface area contributed by atoms with E-state index >= 15 is 0 Å². The van der Waals surface area contributed by atoms with Crippen molar-refractivity contribution in [3.63, 3.8) is 0 Å². The molecule has 0 aliphatic heterocycles. The Hall–Kier alpha value is -1.26. The Bertz CT molecular complexity index is 684. The molecule has 2 rings (SSSR count). The average molecular weight is 296 g/mol. The van der Waals surface area contributed by atoms with Crippen LogP contribution in [0, 0.1) is 5.92 Å². The van der Waals surface area contributed by atoms with Gasteiger partial charge < -0.3 is 5.73 Å². The summed E-state index contributed by atoms with van der Waals surface area (Å²) in [5.41, 5.74) is 8.93. The van der Waals surface area contributed by atoms with Crippen LogP contribution in [0.4, 0.5) is 0 Å². The summed E-state index contributed by atoms with van der Waals surface area (Å²) in [5, 5.41) is 0.633. The number of imidazole rings is 1. The molecule has 4 nitrogen and oxygen atoms in total. The Labute approximate surface area is 124 Å². The summed E-state index contributed by atoms with van der Waals surface area (Å²) in [5.74, 6) is 0.292.